The van der Waals surface area contributed by atoms with Crippen LogP contribution in [-0.4, -0.2) is 20.0 Å². The highest BCUT2D eigenvalue weighted by Crippen LogP contribution is 2.28. The summed E-state index contributed by atoms with van der Waals surface area (Å²) in [5, 5.41) is 30.2. The van der Waals surface area contributed by atoms with Crippen molar-refractivity contribution >= 4 is 39.5 Å². The van der Waals surface area contributed by atoms with Gasteiger partial charge in [-0.15, -0.1) is 10.2 Å². The van der Waals surface area contributed by atoms with Crippen molar-refractivity contribution in [1.82, 2.24) is 10.2 Å². The minimum Gasteiger partial charge on any atom is -0.318 e. The van der Waals surface area contributed by atoms with E-state index >= 15 is 0 Å². The molecule has 3 rings (SSSR count). The standard InChI is InChI=1S/C8H10N6.C6H6N4O4/c9-11-7-5-3-1-2-4-6(5)8(12-10)14-13-7;7-8-5-2-1-4(9(11)12)3-6(5)10(13)14/h1-4H,9-10H2,(H,11,13)(H,12,14);1-3,8H,7H2. The summed E-state index contributed by atoms with van der Waals surface area (Å²) in [5.41, 5.74) is 6.29. The van der Waals surface area contributed by atoms with Gasteiger partial charge in [-0.05, 0) is 6.07 Å². The predicted molar refractivity (Wildman–Crippen MR) is 103 cm³/mol. The largest absolute Gasteiger partial charge is 0.318 e. The summed E-state index contributed by atoms with van der Waals surface area (Å²) >= 11 is 0. The van der Waals surface area contributed by atoms with Gasteiger partial charge < -0.3 is 16.3 Å². The van der Waals surface area contributed by atoms with E-state index < -0.39 is 15.5 Å². The summed E-state index contributed by atoms with van der Waals surface area (Å²) in [6, 6.07) is 10.7. The van der Waals surface area contributed by atoms with Gasteiger partial charge in [0.1, 0.15) is 5.69 Å². The number of hydrazine groups is 3. The third kappa shape index (κ3) is 4.33. The highest BCUT2D eigenvalue weighted by atomic mass is 16.6. The fraction of sp³-hybridized carbons (Fsp3) is 0. The fourth-order valence-electron chi connectivity index (χ4n) is 2.22. The maximum absolute atomic E-state index is 10.4. The van der Waals surface area contributed by atoms with Crippen LogP contribution in [0.3, 0.4) is 0 Å². The van der Waals surface area contributed by atoms with Crippen molar-refractivity contribution in [3.05, 3.63) is 62.7 Å². The lowest BCUT2D eigenvalue weighted by atomic mass is 10.2. The molecular weight excluding hydrogens is 372 g/mol. The molecule has 0 amide bonds. The number of anilines is 3. The minimum atomic E-state index is -0.748. The maximum Gasteiger partial charge on any atom is 0.300 e. The Kier molecular flexibility index (Phi) is 6.48. The SMILES string of the molecule is NNc1ccc([N+](=O)[O-])cc1[N+](=O)[O-].NNc1nnc(NN)c2ccccc12. The Balaban J connectivity index is 0.000000200. The van der Waals surface area contributed by atoms with Crippen molar-refractivity contribution in [2.45, 2.75) is 0 Å². The number of non-ortho nitro benzene ring substituents is 1. The van der Waals surface area contributed by atoms with Crippen LogP contribution >= 0.6 is 0 Å². The fourth-order valence-corrected chi connectivity index (χ4v) is 2.22. The first kappa shape index (κ1) is 20.2. The van der Waals surface area contributed by atoms with Crippen LogP contribution in [0, 0.1) is 20.2 Å². The molecule has 0 aliphatic heterocycles. The molecule has 0 unspecified atom stereocenters. The molecule has 0 spiro atoms. The van der Waals surface area contributed by atoms with Crippen LogP contribution in [0.15, 0.2) is 42.5 Å². The van der Waals surface area contributed by atoms with E-state index in [-0.39, 0.29) is 11.4 Å². The van der Waals surface area contributed by atoms with Crippen molar-refractivity contribution < 1.29 is 9.85 Å². The molecule has 0 atom stereocenters. The highest BCUT2D eigenvalue weighted by Gasteiger charge is 2.18. The lowest BCUT2D eigenvalue weighted by Gasteiger charge is -2.06. The second-order valence-electron chi connectivity index (χ2n) is 5.09. The van der Waals surface area contributed by atoms with Crippen molar-refractivity contribution in [3.63, 3.8) is 0 Å². The number of nitrogens with zero attached hydrogens (tertiary/aromatic N) is 4. The van der Waals surface area contributed by atoms with Gasteiger partial charge in [-0.2, -0.15) is 0 Å². The van der Waals surface area contributed by atoms with E-state index in [2.05, 4.69) is 26.5 Å². The number of fused-ring (bicyclic) bond motifs is 1. The van der Waals surface area contributed by atoms with Gasteiger partial charge in [0.05, 0.1) is 15.9 Å². The lowest BCUT2D eigenvalue weighted by molar-refractivity contribution is -0.393. The van der Waals surface area contributed by atoms with Crippen LogP contribution in [-0.2, 0) is 0 Å². The summed E-state index contributed by atoms with van der Waals surface area (Å²) in [6.07, 6.45) is 0. The van der Waals surface area contributed by atoms with E-state index in [0.29, 0.717) is 11.6 Å². The van der Waals surface area contributed by atoms with Crippen molar-refractivity contribution in [3.8, 4) is 0 Å². The second kappa shape index (κ2) is 8.99. The Morgan fingerprint density at radius 2 is 1.32 bits per heavy atom. The first-order valence-corrected chi connectivity index (χ1v) is 7.51. The van der Waals surface area contributed by atoms with Gasteiger partial charge >= 0.3 is 5.69 Å². The van der Waals surface area contributed by atoms with Gasteiger partial charge in [-0.1, -0.05) is 24.3 Å². The Morgan fingerprint density at radius 3 is 1.71 bits per heavy atom. The van der Waals surface area contributed by atoms with E-state index in [4.69, 9.17) is 17.5 Å². The second-order valence-corrected chi connectivity index (χ2v) is 5.09. The molecule has 0 saturated carbocycles. The molecular formula is C14H16N10O4. The number of hydrogen-bond acceptors (Lipinski definition) is 12. The van der Waals surface area contributed by atoms with Gasteiger partial charge in [-0.25, -0.2) is 11.7 Å². The van der Waals surface area contributed by atoms with E-state index in [1.54, 1.807) is 0 Å². The number of nitro benzene ring substituents is 2. The van der Waals surface area contributed by atoms with E-state index in [1.165, 1.54) is 6.07 Å². The molecule has 1 heterocycles. The van der Waals surface area contributed by atoms with Crippen molar-refractivity contribution in [2.75, 3.05) is 16.3 Å². The lowest BCUT2D eigenvalue weighted by Crippen LogP contribution is -2.13. The molecule has 146 valence electrons. The quantitative estimate of drug-likeness (QED) is 0.204. The van der Waals surface area contributed by atoms with E-state index in [9.17, 15) is 20.2 Å². The molecule has 2 aromatic carbocycles. The summed E-state index contributed by atoms with van der Waals surface area (Å²) in [7, 11) is 0. The van der Waals surface area contributed by atoms with Crippen LogP contribution in [0.25, 0.3) is 10.8 Å². The normalized spacial score (nSPS) is 9.82. The number of hydrogen-bond donors (Lipinski definition) is 6. The van der Waals surface area contributed by atoms with E-state index in [1.807, 2.05) is 24.3 Å². The topological polar surface area (TPSA) is 226 Å². The predicted octanol–water partition coefficient (Wildman–Crippen LogP) is 0.990. The monoisotopic (exact) mass is 388 g/mol. The highest BCUT2D eigenvalue weighted by molar-refractivity contribution is 5.97. The minimum absolute atomic E-state index is 0.0283. The number of nitrogens with two attached hydrogens (primary N) is 3. The van der Waals surface area contributed by atoms with Gasteiger partial charge in [0.25, 0.3) is 5.69 Å². The molecule has 0 aliphatic rings. The van der Waals surface area contributed by atoms with Crippen molar-refractivity contribution in [2.24, 2.45) is 17.5 Å². The van der Waals surface area contributed by atoms with Gasteiger partial charge in [0.15, 0.2) is 11.6 Å². The van der Waals surface area contributed by atoms with Gasteiger partial charge in [-0.3, -0.25) is 26.1 Å². The molecule has 3 aromatic rings. The van der Waals surface area contributed by atoms with Crippen LogP contribution in [0.2, 0.25) is 0 Å². The summed E-state index contributed by atoms with van der Waals surface area (Å²) in [5.74, 6) is 16.7. The number of nitrogens with one attached hydrogen (secondary N) is 3. The number of aromatic nitrogens is 2. The molecule has 0 saturated heterocycles. The molecule has 1 aromatic heterocycles. The summed E-state index contributed by atoms with van der Waals surface area (Å²) in [6.45, 7) is 0. The zero-order valence-corrected chi connectivity index (χ0v) is 14.2. The average molecular weight is 388 g/mol. The maximum atomic E-state index is 10.4. The third-order valence-corrected chi connectivity index (χ3v) is 3.51. The molecule has 9 N–H and O–H groups in total. The molecule has 0 bridgehead atoms. The first-order valence-electron chi connectivity index (χ1n) is 7.51. The first-order chi connectivity index (χ1) is 13.4. The van der Waals surface area contributed by atoms with Gasteiger partial charge in [0.2, 0.25) is 0 Å². The van der Waals surface area contributed by atoms with Crippen LogP contribution in [0.5, 0.6) is 0 Å². The Labute approximate surface area is 156 Å². The number of nitrogen functional groups attached to an aromatic ring is 3. The van der Waals surface area contributed by atoms with Crippen molar-refractivity contribution in [1.29, 1.82) is 0 Å². The zero-order chi connectivity index (χ0) is 20.7. The summed E-state index contributed by atoms with van der Waals surface area (Å²) < 4.78 is 0. The number of rotatable bonds is 5. The van der Waals surface area contributed by atoms with E-state index in [0.717, 1.165) is 22.9 Å². The van der Waals surface area contributed by atoms with Crippen LogP contribution in [0.4, 0.5) is 28.7 Å². The number of benzene rings is 2. The Morgan fingerprint density at radius 1 is 0.786 bits per heavy atom. The summed E-state index contributed by atoms with van der Waals surface area (Å²) in [4.78, 5) is 19.3. The average Bonchev–Trinajstić information content (AvgIpc) is 2.72. The molecule has 0 aliphatic carbocycles. The number of nitro groups is 2. The smallest absolute Gasteiger partial charge is 0.300 e. The van der Waals surface area contributed by atoms with Crippen LogP contribution < -0.4 is 33.8 Å². The molecule has 14 heteroatoms. The Bertz CT molecular complexity index is 970. The molecule has 28 heavy (non-hydrogen) atoms. The van der Waals surface area contributed by atoms with Crippen LogP contribution in [0.1, 0.15) is 0 Å². The molecule has 0 fully saturated rings. The Hall–Kier alpha value is -4.14. The zero-order valence-electron chi connectivity index (χ0n) is 14.2. The van der Waals surface area contributed by atoms with Gasteiger partial charge in [0, 0.05) is 16.8 Å². The third-order valence-electron chi connectivity index (χ3n) is 3.51. The molecule has 0 radical (unpaired) electrons. The molecule has 14 nitrogen and oxygen atoms in total.